The van der Waals surface area contributed by atoms with E-state index < -0.39 is 54.8 Å². The molecule has 2 heterocycles. The summed E-state index contributed by atoms with van der Waals surface area (Å²) in [6, 6.07) is 0. The average Bonchev–Trinajstić information content (AvgIpc) is 2.69. The summed E-state index contributed by atoms with van der Waals surface area (Å²) in [6.07, 6.45) is -5.02. The number of aliphatic hydroxyl groups is 3. The summed E-state index contributed by atoms with van der Waals surface area (Å²) >= 11 is 0. The SMILES string of the molecule is O=C(O)Cc1cn([C@@H]2O[C@H](CO)[C@@H](O)[C@H]2O)c(=O)[nH]c1=O. The Kier molecular flexibility index (Phi) is 4.23. The van der Waals surface area contributed by atoms with Gasteiger partial charge in [0.25, 0.3) is 5.56 Å². The third-order valence-electron chi connectivity index (χ3n) is 3.17. The van der Waals surface area contributed by atoms with Crippen LogP contribution in [-0.2, 0) is 16.0 Å². The van der Waals surface area contributed by atoms with E-state index in [9.17, 15) is 24.6 Å². The fraction of sp³-hybridized carbons (Fsp3) is 0.545. The van der Waals surface area contributed by atoms with Crippen LogP contribution in [-0.4, -0.2) is 60.9 Å². The summed E-state index contributed by atoms with van der Waals surface area (Å²) in [4.78, 5) is 35.8. The Morgan fingerprint density at radius 1 is 1.33 bits per heavy atom. The molecule has 10 heteroatoms. The Morgan fingerprint density at radius 2 is 2.00 bits per heavy atom. The predicted molar refractivity (Wildman–Crippen MR) is 65.7 cm³/mol. The van der Waals surface area contributed by atoms with Gasteiger partial charge in [0.05, 0.1) is 13.0 Å². The summed E-state index contributed by atoms with van der Waals surface area (Å²) in [6.45, 7) is -0.575. The number of carbonyl (C=O) groups is 1. The maximum Gasteiger partial charge on any atom is 0.330 e. The van der Waals surface area contributed by atoms with Gasteiger partial charge < -0.3 is 25.2 Å². The second-order valence-electron chi connectivity index (χ2n) is 4.62. The van der Waals surface area contributed by atoms with Gasteiger partial charge in [-0.05, 0) is 0 Å². The first-order valence-corrected chi connectivity index (χ1v) is 6.03. The van der Waals surface area contributed by atoms with Crippen molar-refractivity contribution < 1.29 is 30.0 Å². The van der Waals surface area contributed by atoms with Crippen molar-refractivity contribution in [2.24, 2.45) is 0 Å². The molecule has 1 aromatic heterocycles. The van der Waals surface area contributed by atoms with E-state index in [0.29, 0.717) is 0 Å². The molecular weight excluding hydrogens is 288 g/mol. The van der Waals surface area contributed by atoms with Gasteiger partial charge in [-0.15, -0.1) is 0 Å². The zero-order valence-electron chi connectivity index (χ0n) is 10.7. The van der Waals surface area contributed by atoms with Crippen molar-refractivity contribution in [1.29, 1.82) is 0 Å². The number of nitrogens with one attached hydrogen (secondary N) is 1. The second kappa shape index (κ2) is 5.77. The third kappa shape index (κ3) is 2.88. The van der Waals surface area contributed by atoms with Crippen LogP contribution in [0.3, 0.4) is 0 Å². The molecule has 1 fully saturated rings. The smallest absolute Gasteiger partial charge is 0.330 e. The van der Waals surface area contributed by atoms with Crippen molar-refractivity contribution in [3.8, 4) is 0 Å². The fourth-order valence-corrected chi connectivity index (χ4v) is 2.11. The van der Waals surface area contributed by atoms with Crippen molar-refractivity contribution in [3.05, 3.63) is 32.6 Å². The summed E-state index contributed by atoms with van der Waals surface area (Å²) in [5, 5.41) is 37.1. The first-order valence-electron chi connectivity index (χ1n) is 6.03. The molecule has 0 bridgehead atoms. The number of aliphatic carboxylic acids is 1. The van der Waals surface area contributed by atoms with Crippen molar-refractivity contribution in [2.75, 3.05) is 6.61 Å². The van der Waals surface area contributed by atoms with Gasteiger partial charge in [0, 0.05) is 11.8 Å². The third-order valence-corrected chi connectivity index (χ3v) is 3.17. The van der Waals surface area contributed by atoms with Crippen LogP contribution in [0, 0.1) is 0 Å². The first kappa shape index (κ1) is 15.4. The Hall–Kier alpha value is -2.01. The highest BCUT2D eigenvalue weighted by molar-refractivity contribution is 5.69. The molecule has 2 rings (SSSR count). The highest BCUT2D eigenvalue weighted by Gasteiger charge is 2.43. The van der Waals surface area contributed by atoms with E-state index in [1.807, 2.05) is 4.98 Å². The second-order valence-corrected chi connectivity index (χ2v) is 4.62. The average molecular weight is 302 g/mol. The van der Waals surface area contributed by atoms with Crippen molar-refractivity contribution >= 4 is 5.97 Å². The topological polar surface area (TPSA) is 162 Å². The monoisotopic (exact) mass is 302 g/mol. The maximum absolute atomic E-state index is 11.7. The molecule has 10 nitrogen and oxygen atoms in total. The lowest BCUT2D eigenvalue weighted by molar-refractivity contribution is -0.136. The number of carboxylic acids is 1. The van der Waals surface area contributed by atoms with Gasteiger partial charge in [-0.25, -0.2) is 4.79 Å². The van der Waals surface area contributed by atoms with Gasteiger partial charge in [-0.3, -0.25) is 19.1 Å². The fourth-order valence-electron chi connectivity index (χ4n) is 2.11. The van der Waals surface area contributed by atoms with Crippen molar-refractivity contribution in [3.63, 3.8) is 0 Å². The van der Waals surface area contributed by atoms with Crippen LogP contribution in [0.25, 0.3) is 0 Å². The Bertz CT molecular complexity index is 650. The predicted octanol–water partition coefficient (Wildman–Crippen LogP) is -3.22. The van der Waals surface area contributed by atoms with E-state index >= 15 is 0 Å². The van der Waals surface area contributed by atoms with Crippen LogP contribution in [0.2, 0.25) is 0 Å². The van der Waals surface area contributed by atoms with Gasteiger partial charge in [0.1, 0.15) is 18.3 Å². The van der Waals surface area contributed by atoms with E-state index in [1.165, 1.54) is 0 Å². The number of hydrogen-bond acceptors (Lipinski definition) is 7. The molecule has 0 aliphatic carbocycles. The number of aromatic amines is 1. The number of rotatable bonds is 4. The number of nitrogens with zero attached hydrogens (tertiary/aromatic N) is 1. The highest BCUT2D eigenvalue weighted by Crippen LogP contribution is 2.27. The molecule has 0 aromatic carbocycles. The van der Waals surface area contributed by atoms with Gasteiger partial charge in [0.2, 0.25) is 0 Å². The zero-order valence-corrected chi connectivity index (χ0v) is 10.7. The van der Waals surface area contributed by atoms with Crippen molar-refractivity contribution in [1.82, 2.24) is 9.55 Å². The summed E-state index contributed by atoms with van der Waals surface area (Å²) in [5.41, 5.74) is -1.99. The summed E-state index contributed by atoms with van der Waals surface area (Å²) in [5.74, 6) is -1.27. The molecule has 116 valence electrons. The van der Waals surface area contributed by atoms with Gasteiger partial charge in [0.15, 0.2) is 6.23 Å². The molecule has 1 aromatic rings. The van der Waals surface area contributed by atoms with Gasteiger partial charge in [-0.2, -0.15) is 0 Å². The number of hydrogen-bond donors (Lipinski definition) is 5. The van der Waals surface area contributed by atoms with Crippen LogP contribution in [0.5, 0.6) is 0 Å². The minimum Gasteiger partial charge on any atom is -0.481 e. The van der Waals surface area contributed by atoms with E-state index in [2.05, 4.69) is 0 Å². The first-order chi connectivity index (χ1) is 9.85. The van der Waals surface area contributed by atoms with Gasteiger partial charge in [-0.1, -0.05) is 0 Å². The lowest BCUT2D eigenvalue weighted by Gasteiger charge is -2.17. The lowest BCUT2D eigenvalue weighted by Crippen LogP contribution is -2.39. The van der Waals surface area contributed by atoms with Crippen LogP contribution in [0.4, 0.5) is 0 Å². The molecule has 1 saturated heterocycles. The summed E-state index contributed by atoms with van der Waals surface area (Å²) in [7, 11) is 0. The molecule has 21 heavy (non-hydrogen) atoms. The molecule has 4 atom stereocenters. The molecule has 0 spiro atoms. The van der Waals surface area contributed by atoms with E-state index in [0.717, 1.165) is 10.8 Å². The maximum atomic E-state index is 11.7. The Morgan fingerprint density at radius 3 is 2.52 bits per heavy atom. The number of aromatic nitrogens is 2. The van der Waals surface area contributed by atoms with Crippen molar-refractivity contribution in [2.45, 2.75) is 31.0 Å². The van der Waals surface area contributed by atoms with Crippen LogP contribution >= 0.6 is 0 Å². The van der Waals surface area contributed by atoms with E-state index in [4.69, 9.17) is 14.9 Å². The van der Waals surface area contributed by atoms with E-state index in [-0.39, 0.29) is 5.56 Å². The standard InChI is InChI=1S/C11H14N2O8/c14-3-5-7(17)8(18)10(21-5)13-2-4(1-6(15)16)9(19)12-11(13)20/h2,5,7-8,10,14,17-18H,1,3H2,(H,15,16)(H,12,19,20)/t5-,7-,8-,10-/m1/s1. The Balaban J connectivity index is 2.42. The molecule has 0 amide bonds. The highest BCUT2D eigenvalue weighted by atomic mass is 16.6. The van der Waals surface area contributed by atoms with Gasteiger partial charge >= 0.3 is 11.7 Å². The quantitative estimate of drug-likeness (QED) is 0.388. The summed E-state index contributed by atoms with van der Waals surface area (Å²) < 4.78 is 5.93. The molecular formula is C11H14N2O8. The minimum absolute atomic E-state index is 0.208. The normalized spacial score (nSPS) is 28.7. The molecule has 0 unspecified atom stereocenters. The van der Waals surface area contributed by atoms with Crippen LogP contribution < -0.4 is 11.2 Å². The minimum atomic E-state index is -1.51. The molecule has 0 saturated carbocycles. The number of carboxylic acid groups (broad SMARTS) is 1. The zero-order chi connectivity index (χ0) is 15.7. The van der Waals surface area contributed by atoms with E-state index in [1.54, 1.807) is 0 Å². The van der Waals surface area contributed by atoms with Crippen LogP contribution in [0.15, 0.2) is 15.8 Å². The molecule has 1 aliphatic rings. The lowest BCUT2D eigenvalue weighted by atomic mass is 10.1. The molecule has 5 N–H and O–H groups in total. The number of ether oxygens (including phenoxy) is 1. The van der Waals surface area contributed by atoms with Crippen LogP contribution in [0.1, 0.15) is 11.8 Å². The molecule has 0 radical (unpaired) electrons. The molecule has 1 aliphatic heterocycles. The number of H-pyrrole nitrogens is 1. The number of aliphatic hydroxyl groups excluding tert-OH is 3. The Labute approximate surface area is 116 Å². The largest absolute Gasteiger partial charge is 0.481 e.